The van der Waals surface area contributed by atoms with Crippen molar-refractivity contribution in [2.75, 3.05) is 0 Å². The summed E-state index contributed by atoms with van der Waals surface area (Å²) in [6, 6.07) is 24.0. The van der Waals surface area contributed by atoms with E-state index < -0.39 is 0 Å². The molecule has 0 spiro atoms. The van der Waals surface area contributed by atoms with Crippen molar-refractivity contribution in [1.82, 2.24) is 9.99 Å². The molecular weight excluding hydrogens is 346 g/mol. The van der Waals surface area contributed by atoms with Crippen LogP contribution in [0.4, 0.5) is 5.69 Å². The highest BCUT2D eigenvalue weighted by Crippen LogP contribution is 2.23. The van der Waals surface area contributed by atoms with Gasteiger partial charge in [0.25, 0.3) is 0 Å². The number of amidine groups is 1. The Bertz CT molecular complexity index is 1140. The van der Waals surface area contributed by atoms with Crippen LogP contribution in [0.15, 0.2) is 89.1 Å². The number of hydrogen-bond donors (Lipinski definition) is 1. The third-order valence-corrected chi connectivity index (χ3v) is 4.77. The molecule has 0 fully saturated rings. The van der Waals surface area contributed by atoms with E-state index in [0.717, 1.165) is 16.9 Å². The van der Waals surface area contributed by atoms with Crippen LogP contribution in [0.3, 0.4) is 0 Å². The van der Waals surface area contributed by atoms with Crippen LogP contribution >= 0.6 is 0 Å². The highest BCUT2D eigenvalue weighted by atomic mass is 15.3. The molecule has 0 unspecified atom stereocenters. The lowest BCUT2D eigenvalue weighted by molar-refractivity contribution is -0.380. The van der Waals surface area contributed by atoms with Gasteiger partial charge in [0.1, 0.15) is 0 Å². The third-order valence-electron chi connectivity index (χ3n) is 4.77. The first-order valence-corrected chi connectivity index (χ1v) is 9.18. The van der Waals surface area contributed by atoms with Crippen molar-refractivity contribution < 1.29 is 4.98 Å². The molecule has 4 rings (SSSR count). The van der Waals surface area contributed by atoms with Crippen molar-refractivity contribution in [1.29, 1.82) is 0 Å². The first kappa shape index (κ1) is 17.7. The van der Waals surface area contributed by atoms with Crippen LogP contribution < -0.4 is 10.4 Å². The molecule has 0 aliphatic rings. The summed E-state index contributed by atoms with van der Waals surface area (Å²) in [4.78, 5) is 7.92. The predicted molar refractivity (Wildman–Crippen MR) is 114 cm³/mol. The van der Waals surface area contributed by atoms with Crippen molar-refractivity contribution in [2.45, 2.75) is 6.92 Å². The van der Waals surface area contributed by atoms with E-state index in [2.05, 4.69) is 52.2 Å². The number of para-hydroxylation sites is 2. The maximum atomic E-state index is 4.71. The van der Waals surface area contributed by atoms with Crippen LogP contribution in [0.5, 0.6) is 0 Å². The number of pyridine rings is 1. The summed E-state index contributed by atoms with van der Waals surface area (Å²) in [5, 5.41) is 5.68. The highest BCUT2D eigenvalue weighted by Gasteiger charge is 2.11. The predicted octanol–water partition coefficient (Wildman–Crippen LogP) is 4.00. The average Bonchev–Trinajstić information content (AvgIpc) is 2.99. The molecular formula is C23H22N5+. The fraction of sp³-hybridized carbons (Fsp3) is 0.0870. The number of aromatic amines is 1. The van der Waals surface area contributed by atoms with E-state index in [1.165, 1.54) is 16.6 Å². The Morgan fingerprint density at radius 2 is 1.71 bits per heavy atom. The van der Waals surface area contributed by atoms with E-state index in [9.17, 15) is 0 Å². The second-order valence-electron chi connectivity index (χ2n) is 6.52. The largest absolute Gasteiger partial charge is 0.347 e. The Hall–Kier alpha value is -3.73. The van der Waals surface area contributed by atoms with Gasteiger partial charge in [0.15, 0.2) is 6.20 Å². The maximum absolute atomic E-state index is 4.71. The zero-order valence-corrected chi connectivity index (χ0v) is 15.9. The van der Waals surface area contributed by atoms with Crippen LogP contribution in [-0.2, 0) is 7.05 Å². The summed E-state index contributed by atoms with van der Waals surface area (Å²) in [6.45, 7) is 2.10. The van der Waals surface area contributed by atoms with E-state index in [-0.39, 0.29) is 0 Å². The van der Waals surface area contributed by atoms with Crippen molar-refractivity contribution in [3.63, 3.8) is 0 Å². The fourth-order valence-electron chi connectivity index (χ4n) is 3.19. The molecule has 28 heavy (non-hydrogen) atoms. The maximum Gasteiger partial charge on any atom is 0.248 e. The van der Waals surface area contributed by atoms with E-state index in [0.29, 0.717) is 5.84 Å². The minimum atomic E-state index is 0.654. The van der Waals surface area contributed by atoms with E-state index in [1.54, 1.807) is 0 Å². The second kappa shape index (κ2) is 7.88. The normalized spacial score (nSPS) is 12.0. The molecule has 0 aliphatic carbocycles. The molecule has 0 amide bonds. The van der Waals surface area contributed by atoms with Crippen molar-refractivity contribution in [3.8, 4) is 0 Å². The Kier molecular flexibility index (Phi) is 4.97. The number of H-pyrrole nitrogens is 1. The lowest BCUT2D eigenvalue weighted by atomic mass is 10.1. The number of hydrogen-bond acceptors (Lipinski definition) is 2. The lowest BCUT2D eigenvalue weighted by Gasteiger charge is -2.02. The molecule has 5 heteroatoms. The summed E-state index contributed by atoms with van der Waals surface area (Å²) in [5.41, 5.74) is 8.29. The molecule has 2 heterocycles. The van der Waals surface area contributed by atoms with Crippen LogP contribution in [-0.4, -0.2) is 16.6 Å². The van der Waals surface area contributed by atoms with Gasteiger partial charge in [-0.3, -0.25) is 5.43 Å². The quantitative estimate of drug-likeness (QED) is 0.330. The summed E-state index contributed by atoms with van der Waals surface area (Å²) < 4.78 is 2.18. The van der Waals surface area contributed by atoms with Gasteiger partial charge in [0, 0.05) is 41.3 Å². The summed E-state index contributed by atoms with van der Waals surface area (Å²) in [6.07, 6.45) is 3.73. The van der Waals surface area contributed by atoms with Gasteiger partial charge in [-0.2, -0.15) is 5.10 Å². The van der Waals surface area contributed by atoms with Crippen LogP contribution in [0.2, 0.25) is 0 Å². The van der Waals surface area contributed by atoms with Gasteiger partial charge in [-0.1, -0.05) is 36.4 Å². The van der Waals surface area contributed by atoms with E-state index >= 15 is 0 Å². The van der Waals surface area contributed by atoms with E-state index in [1.807, 2.05) is 67.0 Å². The molecule has 5 nitrogen and oxygen atoms in total. The molecule has 2 N–H and O–H groups in total. The molecule has 0 saturated heterocycles. The van der Waals surface area contributed by atoms with E-state index in [4.69, 9.17) is 4.99 Å². The van der Waals surface area contributed by atoms with Crippen molar-refractivity contribution in [2.24, 2.45) is 17.1 Å². The number of aromatic nitrogens is 2. The minimum absolute atomic E-state index is 0.654. The standard InChI is InChI=1S/C23H21N5/c1-17-20(19-12-6-7-14-22(19)28(17)2)16-25-27-23(21-13-8-9-15-24-21)26-18-10-4-3-5-11-18/h3-16H,1-2H3,(H,26,27)/p+1/b25-16+. The molecule has 0 bridgehead atoms. The smallest absolute Gasteiger partial charge is 0.248 e. The molecule has 2 aromatic heterocycles. The van der Waals surface area contributed by atoms with Gasteiger partial charge < -0.3 is 4.57 Å². The zero-order valence-electron chi connectivity index (χ0n) is 15.9. The van der Waals surface area contributed by atoms with Gasteiger partial charge in [-0.15, -0.1) is 0 Å². The molecule has 138 valence electrons. The molecule has 0 aliphatic heterocycles. The number of fused-ring (bicyclic) bond motifs is 1. The average molecular weight is 368 g/mol. The molecule has 0 radical (unpaired) electrons. The Morgan fingerprint density at radius 1 is 0.964 bits per heavy atom. The Balaban J connectivity index is 1.67. The highest BCUT2D eigenvalue weighted by molar-refractivity contribution is 6.02. The number of nitrogens with one attached hydrogen (secondary N) is 2. The molecule has 2 aromatic carbocycles. The topological polar surface area (TPSA) is 55.8 Å². The second-order valence-corrected chi connectivity index (χ2v) is 6.52. The number of rotatable bonds is 4. The number of hydrazone groups is 1. The minimum Gasteiger partial charge on any atom is -0.347 e. The van der Waals surface area contributed by atoms with Gasteiger partial charge in [0.05, 0.1) is 11.9 Å². The van der Waals surface area contributed by atoms with Crippen LogP contribution in [0.1, 0.15) is 17.0 Å². The molecule has 0 saturated carbocycles. The Labute approximate surface area is 164 Å². The number of aryl methyl sites for hydroxylation is 1. The molecule has 0 atom stereocenters. The van der Waals surface area contributed by atoms with Gasteiger partial charge >= 0.3 is 0 Å². The van der Waals surface area contributed by atoms with Crippen LogP contribution in [0.25, 0.3) is 10.9 Å². The third kappa shape index (κ3) is 3.55. The summed E-state index contributed by atoms with van der Waals surface area (Å²) in [7, 11) is 2.07. The summed E-state index contributed by atoms with van der Waals surface area (Å²) in [5.74, 6) is 0.654. The first-order valence-electron chi connectivity index (χ1n) is 9.18. The monoisotopic (exact) mass is 368 g/mol. The van der Waals surface area contributed by atoms with Gasteiger partial charge in [-0.05, 0) is 31.2 Å². The number of aliphatic imine (C=N–C) groups is 1. The zero-order chi connectivity index (χ0) is 19.3. The van der Waals surface area contributed by atoms with Crippen molar-refractivity contribution >= 4 is 28.6 Å². The Morgan fingerprint density at radius 3 is 2.50 bits per heavy atom. The van der Waals surface area contributed by atoms with Crippen molar-refractivity contribution in [3.05, 3.63) is 95.9 Å². The van der Waals surface area contributed by atoms with Crippen LogP contribution in [0, 0.1) is 6.92 Å². The number of benzene rings is 2. The lowest BCUT2D eigenvalue weighted by Crippen LogP contribution is -2.26. The SMILES string of the molecule is Cc1c(/C=N/NC(=Nc2ccccc2)c2cccc[nH+]2)c2ccccc2n1C. The van der Waals surface area contributed by atoms with Gasteiger partial charge in [0.2, 0.25) is 11.5 Å². The number of nitrogens with zero attached hydrogens (tertiary/aromatic N) is 3. The summed E-state index contributed by atoms with van der Waals surface area (Å²) >= 11 is 0. The van der Waals surface area contributed by atoms with Gasteiger partial charge in [-0.25, -0.2) is 9.98 Å². The first-order chi connectivity index (χ1) is 13.7. The fourth-order valence-corrected chi connectivity index (χ4v) is 3.19. The molecule has 4 aromatic rings.